The largest absolute Gasteiger partial charge is 0.480 e. The Morgan fingerprint density at radius 1 is 0.833 bits per heavy atom. The zero-order valence-electron chi connectivity index (χ0n) is 34.3. The van der Waals surface area contributed by atoms with Crippen molar-refractivity contribution in [3.05, 3.63) is 72.3 Å². The first-order valence-electron chi connectivity index (χ1n) is 20.0. The van der Waals surface area contributed by atoms with Gasteiger partial charge in [-0.25, -0.2) is 14.8 Å². The first-order valence-corrected chi connectivity index (χ1v) is 21.4. The van der Waals surface area contributed by atoms with Crippen LogP contribution in [0.15, 0.2) is 55.4 Å². The molecule has 0 saturated carbocycles. The highest BCUT2D eigenvalue weighted by Gasteiger charge is 2.40. The van der Waals surface area contributed by atoms with Crippen LogP contribution in [0.3, 0.4) is 0 Å². The number of aromatic nitrogens is 4. The monoisotopic (exact) mass is 851 g/mol. The number of nitrogens with zero attached hydrogens (tertiary/aromatic N) is 3. The lowest BCUT2D eigenvalue weighted by atomic mass is 9.97. The molecule has 60 heavy (non-hydrogen) atoms. The fraction of sp³-hybridized carbons (Fsp3) is 0.525. The summed E-state index contributed by atoms with van der Waals surface area (Å²) < 4.78 is 0. The van der Waals surface area contributed by atoms with Crippen molar-refractivity contribution in [1.29, 1.82) is 0 Å². The maximum absolute atomic E-state index is 14.3. The van der Waals surface area contributed by atoms with Crippen molar-refractivity contribution in [1.82, 2.24) is 51.4 Å². The molecule has 3 heterocycles. The summed E-state index contributed by atoms with van der Waals surface area (Å²) in [4.78, 5) is 109. The molecule has 1 saturated heterocycles. The lowest BCUT2D eigenvalue weighted by molar-refractivity contribution is -0.145. The number of rotatable bonds is 23. The van der Waals surface area contributed by atoms with Crippen molar-refractivity contribution in [3.8, 4) is 0 Å². The molecule has 20 heteroatoms. The summed E-state index contributed by atoms with van der Waals surface area (Å²) >= 11 is 1.53. The number of carboxylic acid groups (broad SMARTS) is 1. The van der Waals surface area contributed by atoms with Crippen LogP contribution in [0, 0.1) is 5.92 Å². The molecule has 1 aliphatic heterocycles. The van der Waals surface area contributed by atoms with Crippen LogP contribution < -0.4 is 32.3 Å². The zero-order chi connectivity index (χ0) is 43.8. The number of nitrogens with one attached hydrogen (secondary N) is 7. The zero-order valence-corrected chi connectivity index (χ0v) is 35.1. The van der Waals surface area contributed by atoms with Gasteiger partial charge in [-0.05, 0) is 49.7 Å². The topological polar surface area (TPSA) is 286 Å². The molecular formula is C40H57N11O8S. The number of imidazole rings is 2. The van der Waals surface area contributed by atoms with Gasteiger partial charge in [-0.15, -0.1) is 0 Å². The number of hydrogen-bond donors (Lipinski definition) is 9. The van der Waals surface area contributed by atoms with Gasteiger partial charge in [0.05, 0.1) is 18.7 Å². The highest BCUT2D eigenvalue weighted by Crippen LogP contribution is 2.21. The fourth-order valence-corrected chi connectivity index (χ4v) is 7.23. The van der Waals surface area contributed by atoms with Gasteiger partial charge in [0.1, 0.15) is 36.3 Å². The van der Waals surface area contributed by atoms with E-state index in [-0.39, 0.29) is 32.2 Å². The van der Waals surface area contributed by atoms with Gasteiger partial charge in [-0.3, -0.25) is 28.8 Å². The molecule has 4 rings (SSSR count). The summed E-state index contributed by atoms with van der Waals surface area (Å²) in [6, 6.07) is 1.16. The van der Waals surface area contributed by atoms with Crippen molar-refractivity contribution in [2.24, 2.45) is 11.7 Å². The molecule has 19 nitrogen and oxygen atoms in total. The molecule has 0 spiro atoms. The molecule has 0 unspecified atom stereocenters. The summed E-state index contributed by atoms with van der Waals surface area (Å²) in [5, 5.41) is 23.3. The van der Waals surface area contributed by atoms with Crippen LogP contribution in [0.25, 0.3) is 0 Å². The summed E-state index contributed by atoms with van der Waals surface area (Å²) in [5.74, 6) is -4.75. The molecule has 1 aromatic carbocycles. The first-order chi connectivity index (χ1) is 28.7. The Morgan fingerprint density at radius 3 is 2.05 bits per heavy atom. The van der Waals surface area contributed by atoms with Gasteiger partial charge in [-0.1, -0.05) is 50.6 Å². The third-order valence-corrected chi connectivity index (χ3v) is 11.1. The Morgan fingerprint density at radius 2 is 1.47 bits per heavy atom. The lowest BCUT2D eigenvalue weighted by Crippen LogP contribution is -2.61. The molecule has 0 bridgehead atoms. The number of likely N-dealkylation sites (tertiary alicyclic amines) is 1. The predicted octanol–water partition coefficient (Wildman–Crippen LogP) is -0.193. The summed E-state index contributed by atoms with van der Waals surface area (Å²) in [6.07, 6.45) is 9.42. The Kier molecular flexibility index (Phi) is 18.1. The van der Waals surface area contributed by atoms with Crippen molar-refractivity contribution in [2.75, 3.05) is 18.6 Å². The van der Waals surface area contributed by atoms with Crippen molar-refractivity contribution in [2.45, 2.75) is 108 Å². The van der Waals surface area contributed by atoms with Gasteiger partial charge in [0, 0.05) is 49.6 Å². The number of nitrogens with two attached hydrogens (primary N) is 1. The number of aromatic amines is 2. The quantitative estimate of drug-likeness (QED) is 0.0600. The Bertz CT molecular complexity index is 1880. The van der Waals surface area contributed by atoms with Crippen LogP contribution in [0.5, 0.6) is 0 Å². The second-order valence-electron chi connectivity index (χ2n) is 15.0. The van der Waals surface area contributed by atoms with E-state index in [4.69, 9.17) is 5.73 Å². The molecule has 1 aliphatic rings. The second kappa shape index (κ2) is 23.1. The van der Waals surface area contributed by atoms with E-state index in [0.29, 0.717) is 42.0 Å². The van der Waals surface area contributed by atoms with Crippen LogP contribution in [-0.2, 0) is 52.8 Å². The van der Waals surface area contributed by atoms with E-state index in [1.165, 1.54) is 48.6 Å². The molecule has 3 aromatic rings. The number of hydrogen-bond acceptors (Lipinski definition) is 11. The first kappa shape index (κ1) is 46.9. The van der Waals surface area contributed by atoms with Crippen LogP contribution in [-0.4, -0.2) is 132 Å². The predicted molar refractivity (Wildman–Crippen MR) is 223 cm³/mol. The van der Waals surface area contributed by atoms with Gasteiger partial charge < -0.3 is 52.3 Å². The third kappa shape index (κ3) is 13.7. The van der Waals surface area contributed by atoms with Crippen molar-refractivity contribution >= 4 is 53.2 Å². The van der Waals surface area contributed by atoms with Crippen molar-refractivity contribution < 1.29 is 38.7 Å². The third-order valence-electron chi connectivity index (χ3n) is 10.5. The molecule has 1 fully saturated rings. The SMILES string of the molecule is CC[C@H](C)[C@H](NC(=O)[C@H](C)NC(=O)[C@H](Cc1cnc[nH]1)NC(=O)[C@@H](N)CCSC)C(=O)N[C@@H](Cc1cnc[nH]1)C(=O)N1CCC[C@H]1C(=O)N[C@@H](Cc1ccccc1)C(=O)O. The molecule has 0 aliphatic carbocycles. The minimum atomic E-state index is -1.24. The van der Waals surface area contributed by atoms with E-state index < -0.39 is 89.6 Å². The highest BCUT2D eigenvalue weighted by molar-refractivity contribution is 7.98. The van der Waals surface area contributed by atoms with Crippen LogP contribution in [0.1, 0.15) is 63.4 Å². The van der Waals surface area contributed by atoms with Crippen LogP contribution in [0.2, 0.25) is 0 Å². The highest BCUT2D eigenvalue weighted by atomic mass is 32.2. The number of carbonyl (C=O) groups is 7. The minimum Gasteiger partial charge on any atom is -0.480 e. The van der Waals surface area contributed by atoms with Gasteiger partial charge in [0.15, 0.2) is 0 Å². The normalized spacial score (nSPS) is 17.2. The lowest BCUT2D eigenvalue weighted by Gasteiger charge is -2.31. The summed E-state index contributed by atoms with van der Waals surface area (Å²) in [7, 11) is 0. The average Bonchev–Trinajstić information content (AvgIpc) is 4.05. The summed E-state index contributed by atoms with van der Waals surface area (Å²) in [5.41, 5.74) is 7.85. The molecule has 2 aromatic heterocycles. The Balaban J connectivity index is 1.46. The molecular weight excluding hydrogens is 795 g/mol. The van der Waals surface area contributed by atoms with Crippen LogP contribution in [0.4, 0.5) is 0 Å². The standard InChI is InChI=1S/C40H57N11O8S/c1-5-23(2)33(50-34(52)24(3)46-36(54)29(17-26-19-42-21-44-26)47-35(53)28(41)13-15-60-4)38(56)48-30(18-27-20-43-22-45-27)39(57)51-14-9-12-32(51)37(55)49-31(40(58)59)16-25-10-7-6-8-11-25/h6-8,10-11,19-24,28-33H,5,9,12-18,41H2,1-4H3,(H,42,44)(H,43,45)(H,46,54)(H,47,53)(H,48,56)(H,49,55)(H,50,52)(H,58,59)/t23-,24-,28-,29-,30-,31-,32-,33-/m0/s1. The van der Waals surface area contributed by atoms with E-state index in [0.717, 1.165) is 0 Å². The number of H-pyrrole nitrogens is 2. The van der Waals surface area contributed by atoms with E-state index >= 15 is 0 Å². The summed E-state index contributed by atoms with van der Waals surface area (Å²) in [6.45, 7) is 5.22. The van der Waals surface area contributed by atoms with Gasteiger partial charge in [0.2, 0.25) is 35.4 Å². The number of amides is 6. The maximum Gasteiger partial charge on any atom is 0.326 e. The second-order valence-corrected chi connectivity index (χ2v) is 15.9. The van der Waals surface area contributed by atoms with E-state index in [1.807, 2.05) is 13.2 Å². The molecule has 0 radical (unpaired) electrons. The van der Waals surface area contributed by atoms with Gasteiger partial charge in [-0.2, -0.15) is 11.8 Å². The Labute approximate surface area is 353 Å². The van der Waals surface area contributed by atoms with Gasteiger partial charge >= 0.3 is 5.97 Å². The number of benzene rings is 1. The number of carbonyl (C=O) groups excluding carboxylic acids is 6. The molecule has 326 valence electrons. The van der Waals surface area contributed by atoms with E-state index in [9.17, 15) is 38.7 Å². The molecule has 6 amide bonds. The Hall–Kier alpha value is -5.76. The minimum absolute atomic E-state index is 0.0286. The molecule has 8 atom stereocenters. The smallest absolute Gasteiger partial charge is 0.326 e. The van der Waals surface area contributed by atoms with Gasteiger partial charge in [0.25, 0.3) is 0 Å². The van der Waals surface area contributed by atoms with E-state index in [1.54, 1.807) is 37.3 Å². The number of aliphatic carboxylic acids is 1. The van der Waals surface area contributed by atoms with Crippen molar-refractivity contribution in [3.63, 3.8) is 0 Å². The fourth-order valence-electron chi connectivity index (χ4n) is 6.74. The van der Waals surface area contributed by atoms with Crippen LogP contribution >= 0.6 is 11.8 Å². The van der Waals surface area contributed by atoms with E-state index in [2.05, 4.69) is 46.5 Å². The number of carboxylic acids is 1. The number of thioether (sulfide) groups is 1. The average molecular weight is 852 g/mol. The maximum atomic E-state index is 14.3. The molecule has 10 N–H and O–H groups in total.